The molecular weight excluding hydrogens is 532 g/mol. The van der Waals surface area contributed by atoms with Crippen molar-refractivity contribution in [3.8, 4) is 0 Å². The number of benzene rings is 3. The van der Waals surface area contributed by atoms with Crippen LogP contribution in [0.4, 0.5) is 4.39 Å². The Morgan fingerprint density at radius 3 is 2.69 bits per heavy atom. The Balaban J connectivity index is 1.57. The number of rotatable bonds is 8. The maximum atomic E-state index is 12.7. The average Bonchev–Trinajstić information content (AvgIpc) is 3.29. The lowest BCUT2D eigenvalue weighted by Crippen LogP contribution is -2.22. The van der Waals surface area contributed by atoms with Crippen molar-refractivity contribution < 1.29 is 13.9 Å². The molecule has 1 aliphatic heterocycles. The Morgan fingerprint density at radius 1 is 1.05 bits per heavy atom. The van der Waals surface area contributed by atoms with Crippen LogP contribution in [0.5, 0.6) is 0 Å². The lowest BCUT2D eigenvalue weighted by atomic mass is 9.86. The maximum absolute atomic E-state index is 12.7. The number of carbonyl (C=O) groups excluding carboxylic acids is 1. The van der Waals surface area contributed by atoms with Gasteiger partial charge in [-0.15, -0.1) is 0 Å². The van der Waals surface area contributed by atoms with Gasteiger partial charge in [-0.1, -0.05) is 59.6 Å². The lowest BCUT2D eigenvalue weighted by molar-refractivity contribution is 0.0600. The summed E-state index contributed by atoms with van der Waals surface area (Å²) in [6.07, 6.45) is 5.40. The number of likely N-dealkylation sites (tertiary alicyclic amines) is 1. The monoisotopic (exact) mass is 565 g/mol. The molecule has 3 aromatic rings. The van der Waals surface area contributed by atoms with E-state index in [1.54, 1.807) is 6.07 Å². The Bertz CT molecular complexity index is 1390. The number of esters is 1. The van der Waals surface area contributed by atoms with Crippen LogP contribution in [0.2, 0.25) is 10.0 Å². The van der Waals surface area contributed by atoms with Crippen LogP contribution in [0.25, 0.3) is 11.1 Å². The molecule has 0 aromatic heterocycles. The van der Waals surface area contributed by atoms with Gasteiger partial charge in [0, 0.05) is 23.1 Å². The zero-order valence-corrected chi connectivity index (χ0v) is 23.8. The summed E-state index contributed by atoms with van der Waals surface area (Å²) in [4.78, 5) is 14.7. The fourth-order valence-electron chi connectivity index (χ4n) is 6.12. The van der Waals surface area contributed by atoms with Crippen molar-refractivity contribution in [2.45, 2.75) is 38.5 Å². The number of methoxy groups -OCH3 is 1. The van der Waals surface area contributed by atoms with E-state index >= 15 is 0 Å². The molecule has 2 aliphatic rings. The van der Waals surface area contributed by atoms with E-state index in [4.69, 9.17) is 27.9 Å². The van der Waals surface area contributed by atoms with Crippen LogP contribution >= 0.6 is 23.2 Å². The number of aryl methyl sites for hydroxylation is 1. The fourth-order valence-corrected chi connectivity index (χ4v) is 6.64. The third kappa shape index (κ3) is 6.40. The molecular formula is C33H34Cl2FNO2. The van der Waals surface area contributed by atoms with Crippen LogP contribution in [-0.4, -0.2) is 44.3 Å². The first-order chi connectivity index (χ1) is 19.0. The smallest absolute Gasteiger partial charge is 0.337 e. The predicted octanol–water partition coefficient (Wildman–Crippen LogP) is 8.30. The van der Waals surface area contributed by atoms with Crippen molar-refractivity contribution in [2.75, 3.05) is 33.4 Å². The van der Waals surface area contributed by atoms with Gasteiger partial charge < -0.3 is 9.64 Å². The van der Waals surface area contributed by atoms with Gasteiger partial charge in [0.05, 0.1) is 19.3 Å². The van der Waals surface area contributed by atoms with E-state index in [1.165, 1.54) is 18.2 Å². The van der Waals surface area contributed by atoms with E-state index in [2.05, 4.69) is 35.2 Å². The zero-order chi connectivity index (χ0) is 27.4. The average molecular weight is 567 g/mol. The molecule has 1 atom stereocenters. The summed E-state index contributed by atoms with van der Waals surface area (Å²) in [5.41, 5.74) is 8.61. The van der Waals surface area contributed by atoms with E-state index in [-0.39, 0.29) is 12.6 Å². The lowest BCUT2D eigenvalue weighted by Gasteiger charge is -2.19. The second-order valence-corrected chi connectivity index (χ2v) is 11.4. The molecule has 1 saturated heterocycles. The number of ether oxygens (including phenoxy) is 1. The predicted molar refractivity (Wildman–Crippen MR) is 158 cm³/mol. The fraction of sp³-hybridized carbons (Fsp3) is 0.364. The second kappa shape index (κ2) is 12.7. The first-order valence-electron chi connectivity index (χ1n) is 13.7. The second-order valence-electron chi connectivity index (χ2n) is 10.6. The largest absolute Gasteiger partial charge is 0.465 e. The number of halogens is 3. The number of fused-ring (bicyclic) bond motifs is 1. The number of nitrogens with zero attached hydrogens (tertiary/aromatic N) is 1. The van der Waals surface area contributed by atoms with Crippen LogP contribution in [0, 0.1) is 5.92 Å². The molecule has 0 saturated carbocycles. The third-order valence-corrected chi connectivity index (χ3v) is 8.49. The van der Waals surface area contributed by atoms with E-state index in [9.17, 15) is 9.18 Å². The molecule has 3 aromatic carbocycles. The normalized spacial score (nSPS) is 17.7. The third-order valence-electron chi connectivity index (χ3n) is 7.94. The molecule has 3 nitrogen and oxygen atoms in total. The van der Waals surface area contributed by atoms with Gasteiger partial charge in [-0.2, -0.15) is 0 Å². The summed E-state index contributed by atoms with van der Waals surface area (Å²) in [5.74, 6) is 0.246. The molecule has 0 spiro atoms. The molecule has 1 fully saturated rings. The van der Waals surface area contributed by atoms with Gasteiger partial charge in [-0.05, 0) is 114 Å². The summed E-state index contributed by atoms with van der Waals surface area (Å²) in [7, 11) is 1.41. The van der Waals surface area contributed by atoms with Crippen molar-refractivity contribution in [3.05, 3.63) is 104 Å². The Morgan fingerprint density at radius 2 is 1.90 bits per heavy atom. The minimum Gasteiger partial charge on any atom is -0.465 e. The molecule has 39 heavy (non-hydrogen) atoms. The molecule has 0 bridgehead atoms. The zero-order valence-electron chi connectivity index (χ0n) is 22.3. The first-order valence-corrected chi connectivity index (χ1v) is 14.5. The van der Waals surface area contributed by atoms with E-state index in [1.807, 2.05) is 24.3 Å². The van der Waals surface area contributed by atoms with Crippen LogP contribution in [0.15, 0.2) is 60.7 Å². The number of hydrogen-bond acceptors (Lipinski definition) is 3. The number of carbonyl (C=O) groups is 1. The molecule has 0 N–H and O–H groups in total. The minimum absolute atomic E-state index is 0.249. The topological polar surface area (TPSA) is 29.5 Å². The van der Waals surface area contributed by atoms with Crippen molar-refractivity contribution in [1.29, 1.82) is 0 Å². The van der Waals surface area contributed by atoms with Crippen LogP contribution in [-0.2, 0) is 17.6 Å². The molecule has 204 valence electrons. The quantitative estimate of drug-likeness (QED) is 0.257. The molecule has 1 aliphatic carbocycles. The molecule has 0 amide bonds. The molecule has 0 radical (unpaired) electrons. The van der Waals surface area contributed by atoms with Gasteiger partial charge in [0.1, 0.15) is 0 Å². The Kier molecular flexibility index (Phi) is 9.06. The minimum atomic E-state index is -0.326. The number of alkyl halides is 1. The highest BCUT2D eigenvalue weighted by molar-refractivity contribution is 6.36. The Labute approximate surface area is 240 Å². The van der Waals surface area contributed by atoms with Gasteiger partial charge in [0.2, 0.25) is 0 Å². The SMILES string of the molecule is COC(=O)c1ccc2c(c1)CCCC(c1ccc(Cl)cc1Cl)=C2c1cccc(CC2CCN(CCCF)C2)c1. The summed E-state index contributed by atoms with van der Waals surface area (Å²) in [5, 5.41) is 1.25. The van der Waals surface area contributed by atoms with E-state index < -0.39 is 0 Å². The molecule has 1 heterocycles. The van der Waals surface area contributed by atoms with Gasteiger partial charge in [-0.3, -0.25) is 4.39 Å². The molecule has 1 unspecified atom stereocenters. The van der Waals surface area contributed by atoms with Crippen LogP contribution in [0.1, 0.15) is 63.9 Å². The van der Waals surface area contributed by atoms with E-state index in [0.29, 0.717) is 27.9 Å². The highest BCUT2D eigenvalue weighted by Gasteiger charge is 2.25. The van der Waals surface area contributed by atoms with Gasteiger partial charge in [-0.25, -0.2) is 4.79 Å². The van der Waals surface area contributed by atoms with Crippen molar-refractivity contribution in [3.63, 3.8) is 0 Å². The van der Waals surface area contributed by atoms with Crippen molar-refractivity contribution in [1.82, 2.24) is 4.90 Å². The summed E-state index contributed by atoms with van der Waals surface area (Å²) in [6.45, 7) is 2.67. The van der Waals surface area contributed by atoms with Gasteiger partial charge >= 0.3 is 5.97 Å². The summed E-state index contributed by atoms with van der Waals surface area (Å²) >= 11 is 13.0. The number of hydrogen-bond donors (Lipinski definition) is 0. The van der Waals surface area contributed by atoms with Crippen molar-refractivity contribution >= 4 is 40.3 Å². The van der Waals surface area contributed by atoms with Crippen LogP contribution in [0.3, 0.4) is 0 Å². The first kappa shape index (κ1) is 27.9. The molecule has 6 heteroatoms. The number of allylic oxidation sites excluding steroid dienone is 1. The van der Waals surface area contributed by atoms with Gasteiger partial charge in [0.15, 0.2) is 0 Å². The van der Waals surface area contributed by atoms with Gasteiger partial charge in [0.25, 0.3) is 0 Å². The highest BCUT2D eigenvalue weighted by atomic mass is 35.5. The summed E-state index contributed by atoms with van der Waals surface area (Å²) < 4.78 is 17.6. The Hall–Kier alpha value is -2.66. The van der Waals surface area contributed by atoms with E-state index in [0.717, 1.165) is 79.6 Å². The maximum Gasteiger partial charge on any atom is 0.337 e. The molecule has 5 rings (SSSR count). The standard InChI is InChI=1S/C33H34Cl2FNO2/c1-39-33(38)26-9-11-28-24(19-26)6-3-8-30(29-12-10-27(34)20-31(29)35)32(28)25-7-2-5-22(18-25)17-23-13-16-37(21-23)15-4-14-36/h2,5,7,9-12,18-20,23H,3-4,6,8,13-17,21H2,1H3. The summed E-state index contributed by atoms with van der Waals surface area (Å²) in [6, 6.07) is 20.4. The highest BCUT2D eigenvalue weighted by Crippen LogP contribution is 2.42. The van der Waals surface area contributed by atoms with Crippen molar-refractivity contribution in [2.24, 2.45) is 5.92 Å². The van der Waals surface area contributed by atoms with Crippen LogP contribution < -0.4 is 0 Å².